The van der Waals surface area contributed by atoms with Gasteiger partial charge in [-0.25, -0.2) is 0 Å². The number of rotatable bonds is 7. The Kier molecular flexibility index (Phi) is 7.89. The molecule has 0 bridgehead atoms. The van der Waals surface area contributed by atoms with Gasteiger partial charge in [0.25, 0.3) is 0 Å². The van der Waals surface area contributed by atoms with Crippen molar-refractivity contribution >= 4 is 71.1 Å². The molecule has 2 nitrogen and oxygen atoms in total. The van der Waals surface area contributed by atoms with E-state index in [1.54, 1.807) is 0 Å². The Morgan fingerprint density at radius 1 is 0.400 bits per heavy atom. The molecule has 2 heteroatoms. The van der Waals surface area contributed by atoms with E-state index in [1.807, 2.05) is 0 Å². The van der Waals surface area contributed by atoms with E-state index in [2.05, 4.69) is 223 Å². The van der Waals surface area contributed by atoms with Crippen molar-refractivity contribution in [2.45, 2.75) is 6.92 Å². The van der Waals surface area contributed by atoms with Crippen molar-refractivity contribution in [1.29, 1.82) is 0 Å². The summed E-state index contributed by atoms with van der Waals surface area (Å²) in [6.07, 6.45) is 4.55. The van der Waals surface area contributed by atoms with E-state index >= 15 is 0 Å². The van der Waals surface area contributed by atoms with Gasteiger partial charge in [-0.3, -0.25) is 0 Å². The Morgan fingerprint density at radius 2 is 0.927 bits per heavy atom. The number of nitrogens with zero attached hydrogens (tertiary/aromatic N) is 2. The van der Waals surface area contributed by atoms with Gasteiger partial charge in [0.15, 0.2) is 0 Å². The van der Waals surface area contributed by atoms with Crippen LogP contribution < -0.4 is 0 Å². The molecule has 0 saturated heterocycles. The molecule has 10 rings (SSSR count). The summed E-state index contributed by atoms with van der Waals surface area (Å²) in [5, 5.41) is 7.42. The van der Waals surface area contributed by atoms with Gasteiger partial charge in [-0.05, 0) is 118 Å². The SMILES string of the molecule is C=C(/C=C(\C=C(/C)c1ccc2c(c1)c1ccccc1n2-c1ccccc1)c1ccccc1)c1ccc2c(c1)c1ccccc1n2-c1ccc2ccccc2c1. The second kappa shape index (κ2) is 13.4. The van der Waals surface area contributed by atoms with Crippen LogP contribution in [0.1, 0.15) is 23.6 Å². The fraction of sp³-hybridized carbons (Fsp3) is 0.0189. The number of hydrogen-bond acceptors (Lipinski definition) is 0. The molecule has 0 aliphatic carbocycles. The standard InChI is InChI=1S/C53H38N2/c1-36(40-26-29-52-48(34-40)46-21-11-13-23-50(46)54(52)44-19-7-4-8-20-44)31-43(38-15-5-3-6-16-38)32-37(2)41-27-30-53-49(35-41)47-22-12-14-24-51(47)55(53)45-28-25-39-17-9-10-18-42(39)33-45/h3-35H,2H2,1H3/b36-31+,43-32+. The molecule has 0 atom stereocenters. The van der Waals surface area contributed by atoms with Crippen molar-refractivity contribution in [3.8, 4) is 11.4 Å². The Balaban J connectivity index is 1.06. The minimum atomic E-state index is 0.966. The quantitative estimate of drug-likeness (QED) is 0.146. The van der Waals surface area contributed by atoms with E-state index in [1.165, 1.54) is 65.5 Å². The Bertz CT molecular complexity index is 3150. The first kappa shape index (κ1) is 32.5. The highest BCUT2D eigenvalue weighted by Crippen LogP contribution is 2.37. The molecule has 0 N–H and O–H groups in total. The molecule has 0 aliphatic rings. The Hall–Kier alpha value is -7.16. The maximum atomic E-state index is 4.65. The normalized spacial score (nSPS) is 12.4. The summed E-state index contributed by atoms with van der Waals surface area (Å²) < 4.78 is 4.75. The van der Waals surface area contributed by atoms with Gasteiger partial charge in [-0.2, -0.15) is 0 Å². The second-order valence-corrected chi connectivity index (χ2v) is 14.4. The van der Waals surface area contributed by atoms with Gasteiger partial charge in [0.2, 0.25) is 0 Å². The van der Waals surface area contributed by atoms with Gasteiger partial charge in [0.05, 0.1) is 22.1 Å². The average Bonchev–Trinajstić information content (AvgIpc) is 3.76. The van der Waals surface area contributed by atoms with E-state index in [0.29, 0.717) is 0 Å². The number of allylic oxidation sites excluding steroid dienone is 5. The molecule has 0 radical (unpaired) electrons. The fourth-order valence-electron chi connectivity index (χ4n) is 8.27. The van der Waals surface area contributed by atoms with Crippen LogP contribution in [0.25, 0.3) is 82.5 Å². The smallest absolute Gasteiger partial charge is 0.0541 e. The van der Waals surface area contributed by atoms with Crippen LogP contribution in [0.4, 0.5) is 0 Å². The molecule has 0 saturated carbocycles. The molecule has 8 aromatic carbocycles. The Morgan fingerprint density at radius 3 is 1.62 bits per heavy atom. The second-order valence-electron chi connectivity index (χ2n) is 14.4. The number of aromatic nitrogens is 2. The third-order valence-electron chi connectivity index (χ3n) is 11.0. The number of fused-ring (bicyclic) bond motifs is 7. The molecule has 10 aromatic rings. The highest BCUT2D eigenvalue weighted by Gasteiger charge is 2.15. The summed E-state index contributed by atoms with van der Waals surface area (Å²) in [5.41, 5.74) is 13.8. The Labute approximate surface area is 320 Å². The summed E-state index contributed by atoms with van der Waals surface area (Å²) >= 11 is 0. The number of hydrogen-bond donors (Lipinski definition) is 0. The summed E-state index contributed by atoms with van der Waals surface area (Å²) in [6, 6.07) is 67.6. The zero-order valence-electron chi connectivity index (χ0n) is 30.7. The first-order valence-electron chi connectivity index (χ1n) is 18.9. The van der Waals surface area contributed by atoms with Gasteiger partial charge < -0.3 is 9.13 Å². The molecule has 0 fully saturated rings. The fourth-order valence-corrected chi connectivity index (χ4v) is 8.27. The third kappa shape index (κ3) is 5.67. The highest BCUT2D eigenvalue weighted by molar-refractivity contribution is 6.12. The van der Waals surface area contributed by atoms with Crippen molar-refractivity contribution in [3.63, 3.8) is 0 Å². The zero-order chi connectivity index (χ0) is 36.9. The minimum Gasteiger partial charge on any atom is -0.309 e. The lowest BCUT2D eigenvalue weighted by atomic mass is 9.95. The lowest BCUT2D eigenvalue weighted by Crippen LogP contribution is -1.94. The van der Waals surface area contributed by atoms with Gasteiger partial charge >= 0.3 is 0 Å². The van der Waals surface area contributed by atoms with Gasteiger partial charge in [-0.1, -0.05) is 140 Å². The lowest BCUT2D eigenvalue weighted by Gasteiger charge is -2.11. The van der Waals surface area contributed by atoms with Crippen LogP contribution in [0.15, 0.2) is 207 Å². The van der Waals surface area contributed by atoms with Gasteiger partial charge in [0.1, 0.15) is 0 Å². The minimum absolute atomic E-state index is 0.966. The monoisotopic (exact) mass is 702 g/mol. The molecule has 0 unspecified atom stereocenters. The van der Waals surface area contributed by atoms with Crippen LogP contribution in [0.5, 0.6) is 0 Å². The molecular formula is C53H38N2. The summed E-state index contributed by atoms with van der Waals surface area (Å²) in [7, 11) is 0. The van der Waals surface area contributed by atoms with Crippen molar-refractivity contribution in [1.82, 2.24) is 9.13 Å². The van der Waals surface area contributed by atoms with E-state index < -0.39 is 0 Å². The largest absolute Gasteiger partial charge is 0.309 e. The summed E-state index contributed by atoms with van der Waals surface area (Å²) in [5.74, 6) is 0. The van der Waals surface area contributed by atoms with Gasteiger partial charge in [0, 0.05) is 32.9 Å². The molecule has 0 spiro atoms. The van der Waals surface area contributed by atoms with Crippen LogP contribution in [-0.2, 0) is 0 Å². The maximum Gasteiger partial charge on any atom is 0.0541 e. The number of para-hydroxylation sites is 3. The van der Waals surface area contributed by atoms with Crippen LogP contribution in [0.3, 0.4) is 0 Å². The predicted octanol–water partition coefficient (Wildman–Crippen LogP) is 14.2. The first-order valence-corrected chi connectivity index (χ1v) is 18.9. The molecular weight excluding hydrogens is 665 g/mol. The number of benzene rings is 8. The van der Waals surface area contributed by atoms with Crippen molar-refractivity contribution in [2.24, 2.45) is 0 Å². The van der Waals surface area contributed by atoms with Gasteiger partial charge in [-0.15, -0.1) is 0 Å². The molecule has 260 valence electrons. The van der Waals surface area contributed by atoms with E-state index in [0.717, 1.165) is 33.6 Å². The summed E-state index contributed by atoms with van der Waals surface area (Å²) in [4.78, 5) is 0. The highest BCUT2D eigenvalue weighted by atomic mass is 15.0. The average molecular weight is 703 g/mol. The van der Waals surface area contributed by atoms with Crippen LogP contribution in [-0.4, -0.2) is 9.13 Å². The van der Waals surface area contributed by atoms with E-state index in [4.69, 9.17) is 0 Å². The van der Waals surface area contributed by atoms with Crippen molar-refractivity contribution in [3.05, 3.63) is 223 Å². The molecule has 0 aliphatic heterocycles. The predicted molar refractivity (Wildman–Crippen MR) is 236 cm³/mol. The molecule has 55 heavy (non-hydrogen) atoms. The van der Waals surface area contributed by atoms with Crippen LogP contribution >= 0.6 is 0 Å². The topological polar surface area (TPSA) is 9.86 Å². The molecule has 0 amide bonds. The van der Waals surface area contributed by atoms with Crippen LogP contribution in [0.2, 0.25) is 0 Å². The maximum absolute atomic E-state index is 4.65. The van der Waals surface area contributed by atoms with E-state index in [-0.39, 0.29) is 0 Å². The third-order valence-corrected chi connectivity index (χ3v) is 11.0. The summed E-state index contributed by atoms with van der Waals surface area (Å²) in [6.45, 7) is 6.86. The zero-order valence-corrected chi connectivity index (χ0v) is 30.7. The molecule has 2 aromatic heterocycles. The van der Waals surface area contributed by atoms with Crippen molar-refractivity contribution < 1.29 is 0 Å². The van der Waals surface area contributed by atoms with E-state index in [9.17, 15) is 0 Å². The first-order chi connectivity index (χ1) is 27.1. The lowest BCUT2D eigenvalue weighted by molar-refractivity contribution is 1.18. The van der Waals surface area contributed by atoms with Crippen molar-refractivity contribution in [2.75, 3.05) is 0 Å². The molecule has 2 heterocycles. The van der Waals surface area contributed by atoms with Crippen LogP contribution in [0, 0.1) is 0 Å².